The molecule has 1 heterocycles. The number of nitrogens with one attached hydrogen (secondary N) is 3. The van der Waals surface area contributed by atoms with Crippen LogP contribution < -0.4 is 15.6 Å². The second kappa shape index (κ2) is 8.68. The van der Waals surface area contributed by atoms with Crippen LogP contribution in [0.3, 0.4) is 0 Å². The minimum absolute atomic E-state index is 0.0906. The highest BCUT2D eigenvalue weighted by Gasteiger charge is 2.16. The van der Waals surface area contributed by atoms with Gasteiger partial charge in [-0.1, -0.05) is 6.07 Å². The average molecular weight is 457 g/mol. The van der Waals surface area contributed by atoms with Crippen LogP contribution in [0.5, 0.6) is 0 Å². The van der Waals surface area contributed by atoms with Crippen LogP contribution in [0.4, 0.5) is 0 Å². The summed E-state index contributed by atoms with van der Waals surface area (Å²) in [7, 11) is -2.00. The van der Waals surface area contributed by atoms with Gasteiger partial charge in [-0.15, -0.1) is 0 Å². The van der Waals surface area contributed by atoms with E-state index in [9.17, 15) is 18.0 Å². The van der Waals surface area contributed by atoms with Gasteiger partial charge in [0.15, 0.2) is 0 Å². The van der Waals surface area contributed by atoms with Crippen LogP contribution in [0.2, 0.25) is 0 Å². The van der Waals surface area contributed by atoms with Crippen LogP contribution in [0.15, 0.2) is 39.8 Å². The molecule has 8 nitrogen and oxygen atoms in total. The Bertz CT molecular complexity index is 969. The fourth-order valence-electron chi connectivity index (χ4n) is 2.27. The van der Waals surface area contributed by atoms with Crippen LogP contribution >= 0.6 is 15.9 Å². The zero-order chi connectivity index (χ0) is 20.2. The number of carbonyl (C=O) groups is 2. The van der Waals surface area contributed by atoms with Gasteiger partial charge < -0.3 is 4.57 Å². The van der Waals surface area contributed by atoms with Gasteiger partial charge >= 0.3 is 0 Å². The number of rotatable bonds is 6. The zero-order valence-electron chi connectivity index (χ0n) is 15.2. The van der Waals surface area contributed by atoms with Crippen LogP contribution in [0.1, 0.15) is 28.0 Å². The van der Waals surface area contributed by atoms with Crippen molar-refractivity contribution in [1.82, 2.24) is 20.1 Å². The van der Waals surface area contributed by atoms with E-state index in [4.69, 9.17) is 0 Å². The number of halogens is 1. The molecule has 0 atom stereocenters. The molecule has 0 radical (unpaired) electrons. The normalized spacial score (nSPS) is 11.3. The van der Waals surface area contributed by atoms with E-state index in [1.165, 1.54) is 6.07 Å². The van der Waals surface area contributed by atoms with Gasteiger partial charge in [-0.2, -0.15) is 0 Å². The van der Waals surface area contributed by atoms with E-state index in [0.29, 0.717) is 5.69 Å². The number of hydrogen-bond donors (Lipinski definition) is 3. The summed E-state index contributed by atoms with van der Waals surface area (Å²) in [6, 6.07) is 6.44. The van der Waals surface area contributed by atoms with Gasteiger partial charge in [0.2, 0.25) is 15.9 Å². The summed E-state index contributed by atoms with van der Waals surface area (Å²) in [5.41, 5.74) is 6.77. The molecular formula is C17H21BrN4O4S. The summed E-state index contributed by atoms with van der Waals surface area (Å²) in [5.74, 6) is -0.994. The van der Waals surface area contributed by atoms with E-state index >= 15 is 0 Å². The third-order valence-electron chi connectivity index (χ3n) is 3.95. The van der Waals surface area contributed by atoms with E-state index in [2.05, 4.69) is 31.5 Å². The Hall–Kier alpha value is -2.17. The molecule has 0 spiro atoms. The van der Waals surface area contributed by atoms with Crippen molar-refractivity contribution in [3.8, 4) is 0 Å². The maximum absolute atomic E-state index is 12.2. The predicted octanol–water partition coefficient (Wildman–Crippen LogP) is 1.53. The van der Waals surface area contributed by atoms with Gasteiger partial charge in [0.25, 0.3) is 5.91 Å². The average Bonchev–Trinajstić information content (AvgIpc) is 2.93. The molecule has 2 amide bonds. The Morgan fingerprint density at radius 2 is 1.81 bits per heavy atom. The highest BCUT2D eigenvalue weighted by Crippen LogP contribution is 2.14. The highest BCUT2D eigenvalue weighted by atomic mass is 79.9. The Morgan fingerprint density at radius 1 is 1.11 bits per heavy atom. The van der Waals surface area contributed by atoms with Gasteiger partial charge in [0, 0.05) is 30.7 Å². The summed E-state index contributed by atoms with van der Waals surface area (Å²) >= 11 is 3.26. The first kappa shape index (κ1) is 21.1. The molecule has 0 saturated carbocycles. The number of amides is 2. The number of carbonyl (C=O) groups excluding carboxylic acids is 2. The van der Waals surface area contributed by atoms with Gasteiger partial charge in [0.05, 0.1) is 4.90 Å². The number of nitrogens with zero attached hydrogens (tertiary/aromatic N) is 1. The molecule has 1 aromatic carbocycles. The van der Waals surface area contributed by atoms with Crippen molar-refractivity contribution in [1.29, 1.82) is 0 Å². The fourth-order valence-corrected chi connectivity index (χ4v) is 3.91. The van der Waals surface area contributed by atoms with Gasteiger partial charge in [0.1, 0.15) is 5.69 Å². The zero-order valence-corrected chi connectivity index (χ0v) is 17.6. The molecule has 2 aromatic rings. The van der Waals surface area contributed by atoms with Crippen molar-refractivity contribution in [2.75, 3.05) is 6.54 Å². The number of hydrazine groups is 1. The third-order valence-corrected chi connectivity index (χ3v) is 5.84. The Labute approximate surface area is 166 Å². The smallest absolute Gasteiger partial charge is 0.286 e. The first-order chi connectivity index (χ1) is 12.6. The fraction of sp³-hybridized carbons (Fsp3) is 0.294. The lowest BCUT2D eigenvalue weighted by Gasteiger charge is -2.10. The maximum atomic E-state index is 12.2. The molecule has 10 heteroatoms. The molecule has 0 saturated heterocycles. The van der Waals surface area contributed by atoms with Crippen molar-refractivity contribution in [3.63, 3.8) is 0 Å². The summed E-state index contributed by atoms with van der Waals surface area (Å²) < 4.78 is 29.2. The van der Waals surface area contributed by atoms with Crippen molar-refractivity contribution >= 4 is 37.8 Å². The van der Waals surface area contributed by atoms with E-state index in [0.717, 1.165) is 15.6 Å². The van der Waals surface area contributed by atoms with E-state index in [1.807, 2.05) is 13.8 Å². The lowest BCUT2D eigenvalue weighted by molar-refractivity contribution is -0.121. The quantitative estimate of drug-likeness (QED) is 0.572. The molecular weight excluding hydrogens is 436 g/mol. The second-order valence-electron chi connectivity index (χ2n) is 6.05. The Balaban J connectivity index is 1.82. The SMILES string of the molecule is Cc1ccc(S(=O)(=O)NCCC(=O)NNC(=O)c2cc(Br)cn2C)cc1C. The largest absolute Gasteiger partial charge is 0.345 e. The standard InChI is InChI=1S/C17H21BrN4O4S/c1-11-4-5-14(8-12(11)2)27(25,26)19-7-6-16(23)20-21-17(24)15-9-13(18)10-22(15)3/h4-5,8-10,19H,6-7H2,1-3H3,(H,20,23)(H,21,24). The number of benzene rings is 1. The Kier molecular flexibility index (Phi) is 6.79. The van der Waals surface area contributed by atoms with Crippen LogP contribution in [0.25, 0.3) is 0 Å². The molecule has 0 aliphatic carbocycles. The monoisotopic (exact) mass is 456 g/mol. The van der Waals surface area contributed by atoms with E-state index < -0.39 is 21.8 Å². The van der Waals surface area contributed by atoms with Crippen molar-refractivity contribution < 1.29 is 18.0 Å². The molecule has 0 aliphatic rings. The molecule has 0 fully saturated rings. The van der Waals surface area contributed by atoms with Crippen molar-refractivity contribution in [3.05, 3.63) is 51.8 Å². The molecule has 0 aliphatic heterocycles. The number of hydrogen-bond acceptors (Lipinski definition) is 4. The summed E-state index contributed by atoms with van der Waals surface area (Å²) in [6.45, 7) is 3.63. The van der Waals surface area contributed by atoms with Crippen LogP contribution in [0, 0.1) is 13.8 Å². The third kappa shape index (κ3) is 5.65. The first-order valence-electron chi connectivity index (χ1n) is 8.08. The second-order valence-corrected chi connectivity index (χ2v) is 8.73. The van der Waals surface area contributed by atoms with Gasteiger partial charge in [-0.3, -0.25) is 20.4 Å². The van der Waals surface area contributed by atoms with Crippen molar-refractivity contribution in [2.24, 2.45) is 7.05 Å². The number of aryl methyl sites for hydroxylation is 3. The molecule has 1 aromatic heterocycles. The Morgan fingerprint density at radius 3 is 2.41 bits per heavy atom. The topological polar surface area (TPSA) is 109 Å². The summed E-state index contributed by atoms with van der Waals surface area (Å²) in [4.78, 5) is 23.9. The molecule has 2 rings (SSSR count). The molecule has 27 heavy (non-hydrogen) atoms. The lowest BCUT2D eigenvalue weighted by Crippen LogP contribution is -2.43. The molecule has 0 bridgehead atoms. The number of sulfonamides is 1. The molecule has 3 N–H and O–H groups in total. The van der Waals surface area contributed by atoms with Gasteiger partial charge in [-0.25, -0.2) is 13.1 Å². The predicted molar refractivity (Wildman–Crippen MR) is 104 cm³/mol. The van der Waals surface area contributed by atoms with Crippen LogP contribution in [-0.2, 0) is 21.9 Å². The number of aromatic nitrogens is 1. The van der Waals surface area contributed by atoms with Crippen LogP contribution in [-0.4, -0.2) is 31.3 Å². The summed E-state index contributed by atoms with van der Waals surface area (Å²) in [6.07, 6.45) is 1.58. The van der Waals surface area contributed by atoms with E-state index in [-0.39, 0.29) is 17.9 Å². The molecule has 0 unspecified atom stereocenters. The maximum Gasteiger partial charge on any atom is 0.286 e. The minimum atomic E-state index is -3.70. The minimum Gasteiger partial charge on any atom is -0.345 e. The highest BCUT2D eigenvalue weighted by molar-refractivity contribution is 9.10. The summed E-state index contributed by atoms with van der Waals surface area (Å²) in [5, 5.41) is 0. The first-order valence-corrected chi connectivity index (χ1v) is 10.4. The lowest BCUT2D eigenvalue weighted by atomic mass is 10.1. The van der Waals surface area contributed by atoms with Crippen molar-refractivity contribution in [2.45, 2.75) is 25.2 Å². The molecule has 146 valence electrons. The van der Waals surface area contributed by atoms with E-state index in [1.54, 1.807) is 36.0 Å². The van der Waals surface area contributed by atoms with Gasteiger partial charge in [-0.05, 0) is 59.1 Å².